The Hall–Kier alpha value is -1.23. The van der Waals surface area contributed by atoms with E-state index in [0.717, 1.165) is 18.3 Å². The standard InChI is InChI=1S/C15H21F3N2/c1-10(2)20(9-11-3-4-11)13-5-6-14(15(16,17)18)12(7-13)8-19/h5-7,10-11H,3-4,8-9,19H2,1-2H3. The van der Waals surface area contributed by atoms with E-state index in [1.165, 1.54) is 12.8 Å². The van der Waals surface area contributed by atoms with Crippen LogP contribution < -0.4 is 10.6 Å². The first-order valence-electron chi connectivity index (χ1n) is 6.99. The van der Waals surface area contributed by atoms with Crippen molar-refractivity contribution in [2.75, 3.05) is 11.4 Å². The monoisotopic (exact) mass is 286 g/mol. The Morgan fingerprint density at radius 2 is 1.95 bits per heavy atom. The SMILES string of the molecule is CC(C)N(CC1CC1)c1ccc(C(F)(F)F)c(CN)c1. The van der Waals surface area contributed by atoms with Crippen LogP contribution >= 0.6 is 0 Å². The molecule has 2 nitrogen and oxygen atoms in total. The van der Waals surface area contributed by atoms with Gasteiger partial charge in [-0.1, -0.05) is 0 Å². The third-order valence-corrected chi connectivity index (χ3v) is 3.72. The van der Waals surface area contributed by atoms with Crippen molar-refractivity contribution in [2.24, 2.45) is 11.7 Å². The Balaban J connectivity index is 2.31. The second-order valence-corrected chi connectivity index (χ2v) is 5.73. The normalized spacial score (nSPS) is 15.8. The minimum atomic E-state index is -4.34. The molecule has 0 atom stereocenters. The van der Waals surface area contributed by atoms with Crippen LogP contribution in [0, 0.1) is 5.92 Å². The summed E-state index contributed by atoms with van der Waals surface area (Å²) in [5.41, 5.74) is 5.86. The van der Waals surface area contributed by atoms with Crippen LogP contribution in [0.2, 0.25) is 0 Å². The zero-order valence-electron chi connectivity index (χ0n) is 11.9. The zero-order chi connectivity index (χ0) is 14.9. The molecule has 0 unspecified atom stereocenters. The molecular weight excluding hydrogens is 265 g/mol. The van der Waals surface area contributed by atoms with Crippen LogP contribution in [-0.2, 0) is 12.7 Å². The fourth-order valence-corrected chi connectivity index (χ4v) is 2.40. The van der Waals surface area contributed by atoms with E-state index in [1.807, 2.05) is 0 Å². The molecule has 2 N–H and O–H groups in total. The first-order chi connectivity index (χ1) is 9.32. The maximum absolute atomic E-state index is 12.9. The van der Waals surface area contributed by atoms with Gasteiger partial charge < -0.3 is 10.6 Å². The highest BCUT2D eigenvalue weighted by Gasteiger charge is 2.33. The number of hydrogen-bond donors (Lipinski definition) is 1. The third-order valence-electron chi connectivity index (χ3n) is 3.72. The van der Waals surface area contributed by atoms with E-state index in [9.17, 15) is 13.2 Å². The highest BCUT2D eigenvalue weighted by molar-refractivity contribution is 5.52. The lowest BCUT2D eigenvalue weighted by Gasteiger charge is -2.30. The topological polar surface area (TPSA) is 29.3 Å². The van der Waals surface area contributed by atoms with E-state index in [1.54, 1.807) is 12.1 Å². The van der Waals surface area contributed by atoms with Gasteiger partial charge in [0.05, 0.1) is 5.56 Å². The van der Waals surface area contributed by atoms with Gasteiger partial charge in [-0.25, -0.2) is 0 Å². The molecule has 0 bridgehead atoms. The van der Waals surface area contributed by atoms with Crippen molar-refractivity contribution in [1.82, 2.24) is 0 Å². The molecule has 20 heavy (non-hydrogen) atoms. The van der Waals surface area contributed by atoms with Crippen molar-refractivity contribution in [1.29, 1.82) is 0 Å². The summed E-state index contributed by atoms with van der Waals surface area (Å²) in [6.45, 7) is 4.93. The van der Waals surface area contributed by atoms with Crippen LogP contribution in [0.25, 0.3) is 0 Å². The van der Waals surface area contributed by atoms with Gasteiger partial charge in [0.2, 0.25) is 0 Å². The molecular formula is C15H21F3N2. The third kappa shape index (κ3) is 3.45. The molecule has 2 rings (SSSR count). The van der Waals surface area contributed by atoms with E-state index >= 15 is 0 Å². The number of nitrogens with zero attached hydrogens (tertiary/aromatic N) is 1. The summed E-state index contributed by atoms with van der Waals surface area (Å²) in [6, 6.07) is 4.56. The zero-order valence-corrected chi connectivity index (χ0v) is 11.9. The Labute approximate surface area is 117 Å². The fraction of sp³-hybridized carbons (Fsp3) is 0.600. The number of alkyl halides is 3. The molecule has 1 saturated carbocycles. The van der Waals surface area contributed by atoms with Crippen molar-refractivity contribution in [3.63, 3.8) is 0 Å². The van der Waals surface area contributed by atoms with Gasteiger partial charge >= 0.3 is 6.18 Å². The number of halogens is 3. The molecule has 1 aromatic rings. The summed E-state index contributed by atoms with van der Waals surface area (Å²) in [5, 5.41) is 0. The predicted octanol–water partition coefficient (Wildman–Crippen LogP) is 3.79. The van der Waals surface area contributed by atoms with Crippen LogP contribution in [0.3, 0.4) is 0 Å². The maximum Gasteiger partial charge on any atom is 0.416 e. The Morgan fingerprint density at radius 3 is 2.40 bits per heavy atom. The average molecular weight is 286 g/mol. The van der Waals surface area contributed by atoms with Crippen molar-refractivity contribution < 1.29 is 13.2 Å². The Morgan fingerprint density at radius 1 is 1.30 bits per heavy atom. The predicted molar refractivity (Wildman–Crippen MR) is 74.5 cm³/mol. The second kappa shape index (κ2) is 5.64. The molecule has 0 spiro atoms. The second-order valence-electron chi connectivity index (χ2n) is 5.73. The summed E-state index contributed by atoms with van der Waals surface area (Å²) in [4.78, 5) is 2.16. The minimum Gasteiger partial charge on any atom is -0.369 e. The lowest BCUT2D eigenvalue weighted by Crippen LogP contribution is -2.33. The smallest absolute Gasteiger partial charge is 0.369 e. The summed E-state index contributed by atoms with van der Waals surface area (Å²) in [5.74, 6) is 0.681. The molecule has 1 fully saturated rings. The molecule has 0 heterocycles. The molecule has 1 aliphatic rings. The van der Waals surface area contributed by atoms with Gasteiger partial charge in [-0.3, -0.25) is 0 Å². The van der Waals surface area contributed by atoms with E-state index < -0.39 is 11.7 Å². The quantitative estimate of drug-likeness (QED) is 0.892. The lowest BCUT2D eigenvalue weighted by atomic mass is 10.0. The van der Waals surface area contributed by atoms with Gasteiger partial charge in [0.15, 0.2) is 0 Å². The Kier molecular flexibility index (Phi) is 4.28. The Bertz CT molecular complexity index is 465. The first-order valence-corrected chi connectivity index (χ1v) is 6.99. The highest BCUT2D eigenvalue weighted by atomic mass is 19.4. The molecule has 1 aliphatic carbocycles. The average Bonchev–Trinajstić information content (AvgIpc) is 3.17. The largest absolute Gasteiger partial charge is 0.416 e. The molecule has 0 saturated heterocycles. The molecule has 1 aromatic carbocycles. The minimum absolute atomic E-state index is 0.0992. The van der Waals surface area contributed by atoms with E-state index in [2.05, 4.69) is 18.7 Å². The van der Waals surface area contributed by atoms with Crippen LogP contribution in [0.4, 0.5) is 18.9 Å². The van der Waals surface area contributed by atoms with Gasteiger partial charge in [0.25, 0.3) is 0 Å². The van der Waals surface area contributed by atoms with E-state index in [4.69, 9.17) is 5.73 Å². The summed E-state index contributed by atoms with van der Waals surface area (Å²) in [6.07, 6.45) is -1.91. The van der Waals surface area contributed by atoms with Crippen molar-refractivity contribution in [3.05, 3.63) is 29.3 Å². The first kappa shape index (κ1) is 15.2. The molecule has 112 valence electrons. The summed E-state index contributed by atoms with van der Waals surface area (Å²) < 4.78 is 38.6. The fourth-order valence-electron chi connectivity index (χ4n) is 2.40. The maximum atomic E-state index is 12.9. The summed E-state index contributed by atoms with van der Waals surface area (Å²) >= 11 is 0. The molecule has 0 aromatic heterocycles. The van der Waals surface area contributed by atoms with Crippen LogP contribution in [0.15, 0.2) is 18.2 Å². The molecule has 0 aliphatic heterocycles. The van der Waals surface area contributed by atoms with E-state index in [0.29, 0.717) is 5.92 Å². The van der Waals surface area contributed by atoms with Crippen molar-refractivity contribution >= 4 is 5.69 Å². The van der Waals surface area contributed by atoms with Crippen LogP contribution in [-0.4, -0.2) is 12.6 Å². The van der Waals surface area contributed by atoms with Crippen molar-refractivity contribution in [3.8, 4) is 0 Å². The number of benzene rings is 1. The number of nitrogens with two attached hydrogens (primary N) is 1. The van der Waals surface area contributed by atoms with Gasteiger partial charge in [0, 0.05) is 24.8 Å². The van der Waals surface area contributed by atoms with Gasteiger partial charge in [-0.05, 0) is 56.4 Å². The molecule has 5 heteroatoms. The van der Waals surface area contributed by atoms with Gasteiger partial charge in [-0.2, -0.15) is 13.2 Å². The van der Waals surface area contributed by atoms with Gasteiger partial charge in [0.1, 0.15) is 0 Å². The van der Waals surface area contributed by atoms with Crippen molar-refractivity contribution in [2.45, 2.75) is 45.5 Å². The summed E-state index contributed by atoms with van der Waals surface area (Å²) in [7, 11) is 0. The van der Waals surface area contributed by atoms with Crippen LogP contribution in [0.5, 0.6) is 0 Å². The number of anilines is 1. The van der Waals surface area contributed by atoms with Gasteiger partial charge in [-0.15, -0.1) is 0 Å². The molecule has 0 radical (unpaired) electrons. The lowest BCUT2D eigenvalue weighted by molar-refractivity contribution is -0.138. The van der Waals surface area contributed by atoms with E-state index in [-0.39, 0.29) is 18.2 Å². The number of hydrogen-bond acceptors (Lipinski definition) is 2. The number of rotatable bonds is 5. The van der Waals surface area contributed by atoms with Crippen LogP contribution in [0.1, 0.15) is 37.8 Å². The molecule has 0 amide bonds. The highest BCUT2D eigenvalue weighted by Crippen LogP contribution is 2.36.